The monoisotopic (exact) mass is 207 g/mol. The summed E-state index contributed by atoms with van der Waals surface area (Å²) in [6, 6.07) is 4.09. The van der Waals surface area contributed by atoms with Crippen molar-refractivity contribution in [3.05, 3.63) is 30.1 Å². The molecular formula is C11H17N3O. The third-order valence-electron chi connectivity index (χ3n) is 2.83. The predicted molar refractivity (Wildman–Crippen MR) is 57.8 cm³/mol. The lowest BCUT2D eigenvalue weighted by Crippen LogP contribution is -2.22. The molecule has 0 amide bonds. The standard InChI is InChI=1S/C11H17N3O/c12-15-9-11-3-5-14(8-11)7-10-2-1-4-13-6-10/h1-2,4,6,11H,3,5,7-9,12H2. The topological polar surface area (TPSA) is 51.4 Å². The van der Waals surface area contributed by atoms with Crippen molar-refractivity contribution in [2.24, 2.45) is 11.8 Å². The summed E-state index contributed by atoms with van der Waals surface area (Å²) in [6.45, 7) is 3.85. The summed E-state index contributed by atoms with van der Waals surface area (Å²) in [7, 11) is 0. The summed E-state index contributed by atoms with van der Waals surface area (Å²) in [6.07, 6.45) is 4.91. The Morgan fingerprint density at radius 2 is 2.53 bits per heavy atom. The summed E-state index contributed by atoms with van der Waals surface area (Å²) >= 11 is 0. The summed E-state index contributed by atoms with van der Waals surface area (Å²) < 4.78 is 0. The lowest BCUT2D eigenvalue weighted by molar-refractivity contribution is 0.103. The highest BCUT2D eigenvalue weighted by Gasteiger charge is 2.22. The molecule has 2 rings (SSSR count). The van der Waals surface area contributed by atoms with Gasteiger partial charge in [0, 0.05) is 25.5 Å². The summed E-state index contributed by atoms with van der Waals surface area (Å²) in [5.74, 6) is 5.67. The number of rotatable bonds is 4. The van der Waals surface area contributed by atoms with E-state index < -0.39 is 0 Å². The average Bonchev–Trinajstić information content (AvgIpc) is 2.68. The van der Waals surface area contributed by atoms with E-state index in [2.05, 4.69) is 20.8 Å². The van der Waals surface area contributed by atoms with Gasteiger partial charge in [-0.05, 0) is 30.5 Å². The number of nitrogens with zero attached hydrogens (tertiary/aromatic N) is 2. The van der Waals surface area contributed by atoms with Gasteiger partial charge in [0.25, 0.3) is 0 Å². The SMILES string of the molecule is NOCC1CCN(Cc2cccnc2)C1. The lowest BCUT2D eigenvalue weighted by Gasteiger charge is -2.15. The molecule has 0 aliphatic carbocycles. The van der Waals surface area contributed by atoms with Crippen LogP contribution < -0.4 is 5.90 Å². The van der Waals surface area contributed by atoms with Crippen LogP contribution in [0.2, 0.25) is 0 Å². The molecule has 0 radical (unpaired) electrons. The quantitative estimate of drug-likeness (QED) is 0.742. The number of aromatic nitrogens is 1. The Kier molecular flexibility index (Phi) is 3.66. The maximum Gasteiger partial charge on any atom is 0.0720 e. The van der Waals surface area contributed by atoms with Gasteiger partial charge in [-0.3, -0.25) is 9.88 Å². The van der Waals surface area contributed by atoms with Gasteiger partial charge in [-0.15, -0.1) is 0 Å². The van der Waals surface area contributed by atoms with Gasteiger partial charge in [0.1, 0.15) is 0 Å². The maximum absolute atomic E-state index is 5.08. The molecule has 2 N–H and O–H groups in total. The van der Waals surface area contributed by atoms with Gasteiger partial charge < -0.3 is 4.84 Å². The van der Waals surface area contributed by atoms with E-state index >= 15 is 0 Å². The van der Waals surface area contributed by atoms with Gasteiger partial charge in [-0.25, -0.2) is 5.90 Å². The van der Waals surface area contributed by atoms with Gasteiger partial charge in [0.15, 0.2) is 0 Å². The maximum atomic E-state index is 5.08. The molecule has 1 fully saturated rings. The zero-order valence-electron chi connectivity index (χ0n) is 8.80. The van der Waals surface area contributed by atoms with Crippen LogP contribution in [0.3, 0.4) is 0 Å². The van der Waals surface area contributed by atoms with Gasteiger partial charge in [-0.1, -0.05) is 6.07 Å². The van der Waals surface area contributed by atoms with Crippen LogP contribution in [-0.2, 0) is 11.4 Å². The van der Waals surface area contributed by atoms with E-state index in [1.165, 1.54) is 12.0 Å². The fourth-order valence-corrected chi connectivity index (χ4v) is 2.08. The van der Waals surface area contributed by atoms with Crippen molar-refractivity contribution in [2.75, 3.05) is 19.7 Å². The first kappa shape index (κ1) is 10.5. The Balaban J connectivity index is 1.82. The molecule has 4 nitrogen and oxygen atoms in total. The van der Waals surface area contributed by atoms with Gasteiger partial charge in [0.05, 0.1) is 6.61 Å². The van der Waals surface area contributed by atoms with Crippen molar-refractivity contribution in [3.8, 4) is 0 Å². The smallest absolute Gasteiger partial charge is 0.0720 e. The highest BCUT2D eigenvalue weighted by Crippen LogP contribution is 2.18. The third-order valence-corrected chi connectivity index (χ3v) is 2.83. The van der Waals surface area contributed by atoms with Crippen LogP contribution >= 0.6 is 0 Å². The van der Waals surface area contributed by atoms with Gasteiger partial charge in [0.2, 0.25) is 0 Å². The minimum atomic E-state index is 0.590. The van der Waals surface area contributed by atoms with Gasteiger partial charge >= 0.3 is 0 Å². The second kappa shape index (κ2) is 5.21. The highest BCUT2D eigenvalue weighted by atomic mass is 16.6. The molecule has 1 aliphatic rings. The van der Waals surface area contributed by atoms with E-state index in [4.69, 9.17) is 5.90 Å². The zero-order valence-corrected chi connectivity index (χ0v) is 8.80. The molecule has 1 aliphatic heterocycles. The van der Waals surface area contributed by atoms with Crippen molar-refractivity contribution in [2.45, 2.75) is 13.0 Å². The molecule has 1 atom stereocenters. The largest absolute Gasteiger partial charge is 0.304 e. The summed E-state index contributed by atoms with van der Waals surface area (Å²) in [5.41, 5.74) is 1.27. The molecule has 4 heteroatoms. The molecule has 0 bridgehead atoms. The molecule has 15 heavy (non-hydrogen) atoms. The highest BCUT2D eigenvalue weighted by molar-refractivity contribution is 5.08. The van der Waals surface area contributed by atoms with Crippen LogP contribution in [0.1, 0.15) is 12.0 Å². The van der Waals surface area contributed by atoms with Crippen LogP contribution in [0.15, 0.2) is 24.5 Å². The minimum Gasteiger partial charge on any atom is -0.304 e. The van der Waals surface area contributed by atoms with Crippen molar-refractivity contribution in [3.63, 3.8) is 0 Å². The number of hydrogen-bond acceptors (Lipinski definition) is 4. The molecule has 0 aromatic carbocycles. The summed E-state index contributed by atoms with van der Waals surface area (Å²) in [4.78, 5) is 11.2. The first-order chi connectivity index (χ1) is 7.38. The fourth-order valence-electron chi connectivity index (χ4n) is 2.08. The van der Waals surface area contributed by atoms with E-state index in [-0.39, 0.29) is 0 Å². The number of pyridine rings is 1. The van der Waals surface area contributed by atoms with E-state index in [1.807, 2.05) is 12.3 Å². The molecule has 1 saturated heterocycles. The van der Waals surface area contributed by atoms with E-state index in [0.717, 1.165) is 19.6 Å². The molecule has 0 saturated carbocycles. The van der Waals surface area contributed by atoms with E-state index in [0.29, 0.717) is 12.5 Å². The average molecular weight is 207 g/mol. The molecule has 1 aromatic heterocycles. The number of hydrogen-bond donors (Lipinski definition) is 1. The van der Waals surface area contributed by atoms with Crippen molar-refractivity contribution >= 4 is 0 Å². The van der Waals surface area contributed by atoms with Crippen molar-refractivity contribution in [1.82, 2.24) is 9.88 Å². The fraction of sp³-hybridized carbons (Fsp3) is 0.545. The zero-order chi connectivity index (χ0) is 10.5. The molecule has 0 spiro atoms. The van der Waals surface area contributed by atoms with E-state index in [9.17, 15) is 0 Å². The third kappa shape index (κ3) is 2.99. The molecule has 1 aromatic rings. The Morgan fingerprint density at radius 3 is 3.27 bits per heavy atom. The van der Waals surface area contributed by atoms with Crippen molar-refractivity contribution in [1.29, 1.82) is 0 Å². The Labute approximate surface area is 90.0 Å². The first-order valence-electron chi connectivity index (χ1n) is 5.31. The summed E-state index contributed by atoms with van der Waals surface area (Å²) in [5, 5.41) is 0. The first-order valence-corrected chi connectivity index (χ1v) is 5.31. The lowest BCUT2D eigenvalue weighted by atomic mass is 10.1. The van der Waals surface area contributed by atoms with Crippen LogP contribution in [-0.4, -0.2) is 29.6 Å². The number of nitrogens with two attached hydrogens (primary N) is 1. The molecule has 82 valence electrons. The van der Waals surface area contributed by atoms with Gasteiger partial charge in [-0.2, -0.15) is 0 Å². The number of likely N-dealkylation sites (tertiary alicyclic amines) is 1. The normalized spacial score (nSPS) is 22.1. The Morgan fingerprint density at radius 1 is 1.60 bits per heavy atom. The van der Waals surface area contributed by atoms with Crippen LogP contribution in [0, 0.1) is 5.92 Å². The minimum absolute atomic E-state index is 0.590. The van der Waals surface area contributed by atoms with Crippen LogP contribution in [0.5, 0.6) is 0 Å². The van der Waals surface area contributed by atoms with Crippen LogP contribution in [0.4, 0.5) is 0 Å². The van der Waals surface area contributed by atoms with Crippen molar-refractivity contribution < 1.29 is 4.84 Å². The second-order valence-electron chi connectivity index (χ2n) is 4.08. The van der Waals surface area contributed by atoms with Crippen LogP contribution in [0.25, 0.3) is 0 Å². The molecule has 2 heterocycles. The molecule has 1 unspecified atom stereocenters. The predicted octanol–water partition coefficient (Wildman–Crippen LogP) is 0.794. The van der Waals surface area contributed by atoms with E-state index in [1.54, 1.807) is 6.20 Å². The Hall–Kier alpha value is -0.970. The second-order valence-corrected chi connectivity index (χ2v) is 4.08. The molecular weight excluding hydrogens is 190 g/mol. The Bertz CT molecular complexity index is 291.